The van der Waals surface area contributed by atoms with Gasteiger partial charge in [0.25, 0.3) is 0 Å². The third-order valence-corrected chi connectivity index (χ3v) is 8.47. The van der Waals surface area contributed by atoms with E-state index in [9.17, 15) is 31.2 Å². The molecule has 1 fully saturated rings. The van der Waals surface area contributed by atoms with Crippen molar-refractivity contribution in [3.05, 3.63) is 68.5 Å². The number of carbonyl (C=O) groups is 2. The number of ether oxygens (including phenoxy) is 1. The lowest BCUT2D eigenvalue weighted by molar-refractivity contribution is -0.123. The van der Waals surface area contributed by atoms with E-state index in [2.05, 4.69) is 33.2 Å². The highest BCUT2D eigenvalue weighted by Crippen LogP contribution is 2.35. The molecule has 2 N–H and O–H groups in total. The van der Waals surface area contributed by atoms with Gasteiger partial charge in [0, 0.05) is 22.1 Å². The summed E-state index contributed by atoms with van der Waals surface area (Å²) in [6.07, 6.45) is -1.22. The van der Waals surface area contributed by atoms with Crippen molar-refractivity contribution in [3.8, 4) is 0 Å². The van der Waals surface area contributed by atoms with Gasteiger partial charge in [-0.1, -0.05) is 12.1 Å². The van der Waals surface area contributed by atoms with Gasteiger partial charge < -0.3 is 15.4 Å². The van der Waals surface area contributed by atoms with Gasteiger partial charge in [-0.15, -0.1) is 0 Å². The number of halogens is 4. The van der Waals surface area contributed by atoms with Gasteiger partial charge >= 0.3 is 6.09 Å². The van der Waals surface area contributed by atoms with Crippen molar-refractivity contribution in [1.29, 1.82) is 0 Å². The molecule has 2 aromatic rings. The van der Waals surface area contributed by atoms with Crippen LogP contribution in [0, 0.1) is 21.0 Å². The molecule has 0 bridgehead atoms. The average Bonchev–Trinajstić information content (AvgIpc) is 2.77. The second-order valence-corrected chi connectivity index (χ2v) is 14.0. The molecule has 1 heterocycles. The molecule has 0 radical (unpaired) electrons. The molecule has 2 amide bonds. The number of carbonyl (C=O) groups excluding carboxylic acids is 2. The molecule has 1 aliphatic rings. The summed E-state index contributed by atoms with van der Waals surface area (Å²) < 4.78 is 72.1. The summed E-state index contributed by atoms with van der Waals surface area (Å²) in [6, 6.07) is 7.42. The van der Waals surface area contributed by atoms with Gasteiger partial charge in [0.1, 0.15) is 11.4 Å². The molecule has 7 nitrogen and oxygen atoms in total. The lowest BCUT2D eigenvalue weighted by atomic mass is 9.84. The number of alkyl carbamates (subject to hydrolysis) is 1. The number of benzene rings is 2. The molecule has 0 spiro atoms. The van der Waals surface area contributed by atoms with Crippen molar-refractivity contribution in [2.24, 2.45) is 0 Å². The molecule has 0 unspecified atom stereocenters. The van der Waals surface area contributed by atoms with Gasteiger partial charge in [-0.3, -0.25) is 4.79 Å². The predicted molar refractivity (Wildman–Crippen MR) is 145 cm³/mol. The van der Waals surface area contributed by atoms with E-state index in [1.807, 2.05) is 24.3 Å². The van der Waals surface area contributed by atoms with E-state index in [0.29, 0.717) is 12.1 Å². The standard InChI is InChI=1S/C26H30F3IN2O5S/c1-25(2,3)37-24(34)31-19(11-16-12-21(28)22(29)15-20(16)27)14-23(33)32-26(7-9-38(35,36)10-8-26)17-5-4-6-18(30)13-17/h4-6,12-13,15,19H,7-11,14H2,1-3H3,(H,31,34)(H,32,33)/t19-/m1/s1. The van der Waals surface area contributed by atoms with Crippen LogP contribution in [0.1, 0.15) is 51.2 Å². The minimum atomic E-state index is -3.25. The zero-order valence-corrected chi connectivity index (χ0v) is 24.2. The average molecular weight is 667 g/mol. The first kappa shape index (κ1) is 30.2. The highest BCUT2D eigenvalue weighted by molar-refractivity contribution is 14.1. The number of rotatable bonds is 7. The van der Waals surface area contributed by atoms with Crippen LogP contribution in [0.2, 0.25) is 0 Å². The Kier molecular flexibility index (Phi) is 9.38. The van der Waals surface area contributed by atoms with Gasteiger partial charge in [-0.2, -0.15) is 0 Å². The van der Waals surface area contributed by atoms with Crippen molar-refractivity contribution in [2.45, 2.75) is 63.6 Å². The maximum Gasteiger partial charge on any atom is 0.407 e. The Bertz CT molecular complexity index is 1300. The van der Waals surface area contributed by atoms with E-state index in [1.165, 1.54) is 0 Å². The lowest BCUT2D eigenvalue weighted by Gasteiger charge is -2.39. The molecule has 1 atom stereocenters. The maximum absolute atomic E-state index is 14.4. The second-order valence-electron chi connectivity index (χ2n) is 10.4. The fourth-order valence-electron chi connectivity index (χ4n) is 4.33. The van der Waals surface area contributed by atoms with Crippen molar-refractivity contribution in [2.75, 3.05) is 11.5 Å². The van der Waals surface area contributed by atoms with Crippen LogP contribution in [0.15, 0.2) is 36.4 Å². The monoisotopic (exact) mass is 666 g/mol. The highest BCUT2D eigenvalue weighted by atomic mass is 127. The molecule has 1 saturated heterocycles. The van der Waals surface area contributed by atoms with Crippen LogP contribution in [0.3, 0.4) is 0 Å². The molecule has 3 rings (SSSR count). The molecule has 0 aliphatic carbocycles. The number of hydrogen-bond acceptors (Lipinski definition) is 5. The summed E-state index contributed by atoms with van der Waals surface area (Å²) in [5.74, 6) is -4.40. The highest BCUT2D eigenvalue weighted by Gasteiger charge is 2.40. The van der Waals surface area contributed by atoms with Gasteiger partial charge in [0.05, 0.1) is 17.0 Å². The first-order valence-corrected chi connectivity index (χ1v) is 14.9. The van der Waals surface area contributed by atoms with Crippen LogP contribution in [0.25, 0.3) is 0 Å². The molecule has 2 aromatic carbocycles. The van der Waals surface area contributed by atoms with Gasteiger partial charge in [0.2, 0.25) is 5.91 Å². The molecule has 38 heavy (non-hydrogen) atoms. The van der Waals surface area contributed by atoms with Crippen molar-refractivity contribution in [3.63, 3.8) is 0 Å². The smallest absolute Gasteiger partial charge is 0.407 e. The van der Waals surface area contributed by atoms with E-state index in [0.717, 1.165) is 9.13 Å². The SMILES string of the molecule is CC(C)(C)OC(=O)N[C@@H](CC(=O)NC1(c2cccc(I)c2)CCS(=O)(=O)CC1)Cc1cc(F)c(F)cc1F. The van der Waals surface area contributed by atoms with Gasteiger partial charge in [0.15, 0.2) is 21.5 Å². The summed E-state index contributed by atoms with van der Waals surface area (Å²) in [5, 5.41) is 5.48. The van der Waals surface area contributed by atoms with E-state index >= 15 is 0 Å². The summed E-state index contributed by atoms with van der Waals surface area (Å²) in [6.45, 7) is 4.93. The normalized spacial score (nSPS) is 17.3. The van der Waals surface area contributed by atoms with Crippen LogP contribution < -0.4 is 10.6 Å². The fraction of sp³-hybridized carbons (Fsp3) is 0.462. The Morgan fingerprint density at radius 2 is 1.68 bits per heavy atom. The lowest BCUT2D eigenvalue weighted by Crippen LogP contribution is -2.52. The van der Waals surface area contributed by atoms with Crippen molar-refractivity contribution in [1.82, 2.24) is 10.6 Å². The van der Waals surface area contributed by atoms with Gasteiger partial charge in [-0.05, 0) is 92.0 Å². The van der Waals surface area contributed by atoms with Crippen molar-refractivity contribution < 1.29 is 35.9 Å². The van der Waals surface area contributed by atoms with Crippen LogP contribution in [0.4, 0.5) is 18.0 Å². The fourth-order valence-corrected chi connectivity index (χ4v) is 6.40. The quantitative estimate of drug-likeness (QED) is 0.328. The Hall–Kier alpha value is -2.35. The van der Waals surface area contributed by atoms with Crippen LogP contribution in [-0.4, -0.2) is 43.6 Å². The summed E-state index contributed by atoms with van der Waals surface area (Å²) in [7, 11) is -3.25. The molecular weight excluding hydrogens is 636 g/mol. The summed E-state index contributed by atoms with van der Waals surface area (Å²) >= 11 is 2.13. The van der Waals surface area contributed by atoms with E-state index < -0.39 is 56.5 Å². The minimum Gasteiger partial charge on any atom is -0.444 e. The maximum atomic E-state index is 14.4. The third-order valence-electron chi connectivity index (χ3n) is 6.14. The molecule has 12 heteroatoms. The van der Waals surface area contributed by atoms with Crippen molar-refractivity contribution >= 4 is 44.4 Å². The Morgan fingerprint density at radius 3 is 2.29 bits per heavy atom. The largest absolute Gasteiger partial charge is 0.444 e. The molecular formula is C26H30F3IN2O5S. The van der Waals surface area contributed by atoms with Crippen LogP contribution in [-0.2, 0) is 31.3 Å². The minimum absolute atomic E-state index is 0.113. The summed E-state index contributed by atoms with van der Waals surface area (Å²) in [4.78, 5) is 25.8. The zero-order valence-electron chi connectivity index (χ0n) is 21.2. The Morgan fingerprint density at radius 1 is 1.05 bits per heavy atom. The van der Waals surface area contributed by atoms with E-state index in [1.54, 1.807) is 20.8 Å². The van der Waals surface area contributed by atoms with Crippen LogP contribution in [0.5, 0.6) is 0 Å². The first-order chi connectivity index (χ1) is 17.6. The molecule has 0 aromatic heterocycles. The Balaban J connectivity index is 1.86. The first-order valence-electron chi connectivity index (χ1n) is 12.0. The molecule has 0 saturated carbocycles. The van der Waals surface area contributed by atoms with Crippen LogP contribution >= 0.6 is 22.6 Å². The van der Waals surface area contributed by atoms with E-state index in [-0.39, 0.29) is 42.8 Å². The third kappa shape index (κ3) is 8.32. The number of sulfone groups is 1. The molecule has 208 valence electrons. The number of nitrogens with one attached hydrogen (secondary N) is 2. The van der Waals surface area contributed by atoms with Gasteiger partial charge in [-0.25, -0.2) is 26.4 Å². The number of amides is 2. The molecule has 1 aliphatic heterocycles. The zero-order chi connectivity index (χ0) is 28.3. The number of hydrogen-bond donors (Lipinski definition) is 2. The Labute approximate surface area is 234 Å². The summed E-state index contributed by atoms with van der Waals surface area (Å²) in [5.41, 5.74) is -1.30. The van der Waals surface area contributed by atoms with E-state index in [4.69, 9.17) is 4.74 Å². The second kappa shape index (κ2) is 11.8. The predicted octanol–water partition coefficient (Wildman–Crippen LogP) is 4.75. The topological polar surface area (TPSA) is 102 Å².